The molecule has 2 rings (SSSR count). The van der Waals surface area contributed by atoms with Gasteiger partial charge in [0.05, 0.1) is 0 Å². The summed E-state index contributed by atoms with van der Waals surface area (Å²) >= 11 is 1.49. The fraction of sp³-hybridized carbons (Fsp3) is 0.400. The SMILES string of the molecule is CC1=C(c2cc(F)cs2)CNCC1. The summed E-state index contributed by atoms with van der Waals surface area (Å²) in [5.41, 5.74) is 2.67. The molecule has 1 aliphatic heterocycles. The van der Waals surface area contributed by atoms with Crippen LogP contribution in [0.1, 0.15) is 18.2 Å². The van der Waals surface area contributed by atoms with Crippen LogP contribution in [0.15, 0.2) is 17.0 Å². The monoisotopic (exact) mass is 197 g/mol. The topological polar surface area (TPSA) is 12.0 Å². The van der Waals surface area contributed by atoms with E-state index in [2.05, 4.69) is 12.2 Å². The Bertz CT molecular complexity index is 340. The van der Waals surface area contributed by atoms with Gasteiger partial charge in [-0.25, -0.2) is 4.39 Å². The van der Waals surface area contributed by atoms with Crippen LogP contribution in [0.4, 0.5) is 4.39 Å². The van der Waals surface area contributed by atoms with Gasteiger partial charge in [0.15, 0.2) is 0 Å². The lowest BCUT2D eigenvalue weighted by Crippen LogP contribution is -2.23. The van der Waals surface area contributed by atoms with Crippen molar-refractivity contribution in [2.24, 2.45) is 0 Å². The van der Waals surface area contributed by atoms with Gasteiger partial charge in [-0.15, -0.1) is 11.3 Å². The molecule has 0 aliphatic carbocycles. The van der Waals surface area contributed by atoms with Gasteiger partial charge >= 0.3 is 0 Å². The molecule has 70 valence electrons. The Morgan fingerprint density at radius 1 is 1.54 bits per heavy atom. The van der Waals surface area contributed by atoms with E-state index >= 15 is 0 Å². The molecule has 0 amide bonds. The minimum absolute atomic E-state index is 0.120. The van der Waals surface area contributed by atoms with Crippen LogP contribution in [0.25, 0.3) is 5.57 Å². The number of thiophene rings is 1. The molecule has 1 aliphatic rings. The molecule has 1 aromatic heterocycles. The summed E-state index contributed by atoms with van der Waals surface area (Å²) in [6.07, 6.45) is 1.08. The number of hydrogen-bond donors (Lipinski definition) is 1. The summed E-state index contributed by atoms with van der Waals surface area (Å²) < 4.78 is 12.8. The molecule has 3 heteroatoms. The van der Waals surface area contributed by atoms with E-state index in [0.717, 1.165) is 24.4 Å². The molecular formula is C10H12FNS. The molecule has 0 unspecified atom stereocenters. The predicted octanol–water partition coefficient (Wildman–Crippen LogP) is 2.65. The fourth-order valence-electron chi connectivity index (χ4n) is 1.56. The molecule has 1 nitrogen and oxygen atoms in total. The van der Waals surface area contributed by atoms with E-state index in [1.165, 1.54) is 22.5 Å². The van der Waals surface area contributed by atoms with Crippen molar-refractivity contribution in [1.82, 2.24) is 5.32 Å². The molecule has 13 heavy (non-hydrogen) atoms. The van der Waals surface area contributed by atoms with E-state index in [0.29, 0.717) is 0 Å². The number of rotatable bonds is 1. The quantitative estimate of drug-likeness (QED) is 0.729. The van der Waals surface area contributed by atoms with Crippen LogP contribution in [0.5, 0.6) is 0 Å². The van der Waals surface area contributed by atoms with E-state index in [-0.39, 0.29) is 5.82 Å². The Labute approximate surface area is 81.3 Å². The van der Waals surface area contributed by atoms with Crippen molar-refractivity contribution in [2.75, 3.05) is 13.1 Å². The lowest BCUT2D eigenvalue weighted by Gasteiger charge is -2.17. The number of nitrogens with one attached hydrogen (secondary N) is 1. The Morgan fingerprint density at radius 2 is 2.38 bits per heavy atom. The highest BCUT2D eigenvalue weighted by molar-refractivity contribution is 7.11. The molecule has 0 spiro atoms. The van der Waals surface area contributed by atoms with Gasteiger partial charge < -0.3 is 5.32 Å². The molecule has 0 atom stereocenters. The van der Waals surface area contributed by atoms with E-state index in [9.17, 15) is 4.39 Å². The molecule has 0 aromatic carbocycles. The first-order chi connectivity index (χ1) is 6.27. The van der Waals surface area contributed by atoms with Crippen LogP contribution >= 0.6 is 11.3 Å². The number of halogens is 1. The van der Waals surface area contributed by atoms with Crippen LogP contribution < -0.4 is 5.32 Å². The highest BCUT2D eigenvalue weighted by Gasteiger charge is 2.12. The predicted molar refractivity (Wildman–Crippen MR) is 54.4 cm³/mol. The summed E-state index contributed by atoms with van der Waals surface area (Å²) in [5.74, 6) is -0.120. The average Bonchev–Trinajstić information content (AvgIpc) is 2.53. The van der Waals surface area contributed by atoms with Gasteiger partial charge in [-0.05, 0) is 31.5 Å². The second-order valence-corrected chi connectivity index (χ2v) is 4.23. The Balaban J connectivity index is 2.34. The first-order valence-corrected chi connectivity index (χ1v) is 5.29. The zero-order chi connectivity index (χ0) is 9.26. The van der Waals surface area contributed by atoms with Crippen molar-refractivity contribution in [1.29, 1.82) is 0 Å². The van der Waals surface area contributed by atoms with Gasteiger partial charge in [-0.2, -0.15) is 0 Å². The van der Waals surface area contributed by atoms with Crippen molar-refractivity contribution in [3.05, 3.63) is 27.7 Å². The third-order valence-electron chi connectivity index (χ3n) is 2.36. The molecule has 0 saturated carbocycles. The van der Waals surface area contributed by atoms with Crippen molar-refractivity contribution in [2.45, 2.75) is 13.3 Å². The van der Waals surface area contributed by atoms with E-state index in [1.54, 1.807) is 11.4 Å². The van der Waals surface area contributed by atoms with Gasteiger partial charge in [0.1, 0.15) is 5.82 Å². The third-order valence-corrected chi connectivity index (χ3v) is 3.32. The second kappa shape index (κ2) is 3.60. The van der Waals surface area contributed by atoms with E-state index in [4.69, 9.17) is 0 Å². The van der Waals surface area contributed by atoms with Crippen LogP contribution in [0.3, 0.4) is 0 Å². The maximum absolute atomic E-state index is 12.8. The maximum atomic E-state index is 12.8. The largest absolute Gasteiger partial charge is 0.312 e. The maximum Gasteiger partial charge on any atom is 0.134 e. The molecule has 0 bridgehead atoms. The zero-order valence-corrected chi connectivity index (χ0v) is 8.38. The summed E-state index contributed by atoms with van der Waals surface area (Å²) in [7, 11) is 0. The molecule has 0 fully saturated rings. The van der Waals surface area contributed by atoms with Crippen LogP contribution in [0, 0.1) is 5.82 Å². The summed E-state index contributed by atoms with van der Waals surface area (Å²) in [4.78, 5) is 1.07. The fourth-order valence-corrected chi connectivity index (χ4v) is 2.44. The van der Waals surface area contributed by atoms with Crippen molar-refractivity contribution < 1.29 is 4.39 Å². The molecule has 0 saturated heterocycles. The summed E-state index contributed by atoms with van der Waals surface area (Å²) in [6, 6.07) is 1.62. The lowest BCUT2D eigenvalue weighted by molar-refractivity contribution is 0.633. The van der Waals surface area contributed by atoms with Crippen molar-refractivity contribution in [3.63, 3.8) is 0 Å². The van der Waals surface area contributed by atoms with E-state index < -0.39 is 0 Å². The van der Waals surface area contributed by atoms with Gasteiger partial charge in [0, 0.05) is 16.8 Å². The highest BCUT2D eigenvalue weighted by atomic mass is 32.1. The smallest absolute Gasteiger partial charge is 0.134 e. The highest BCUT2D eigenvalue weighted by Crippen LogP contribution is 2.27. The zero-order valence-electron chi connectivity index (χ0n) is 7.56. The minimum atomic E-state index is -0.120. The molecule has 1 aromatic rings. The second-order valence-electron chi connectivity index (χ2n) is 3.31. The van der Waals surface area contributed by atoms with Crippen LogP contribution in [-0.4, -0.2) is 13.1 Å². The first kappa shape index (κ1) is 8.91. The van der Waals surface area contributed by atoms with Crippen molar-refractivity contribution in [3.8, 4) is 0 Å². The minimum Gasteiger partial charge on any atom is -0.312 e. The Morgan fingerprint density at radius 3 is 3.00 bits per heavy atom. The van der Waals surface area contributed by atoms with Gasteiger partial charge in [0.25, 0.3) is 0 Å². The molecule has 1 N–H and O–H groups in total. The summed E-state index contributed by atoms with van der Waals surface area (Å²) in [6.45, 7) is 4.06. The average molecular weight is 197 g/mol. The molecule has 2 heterocycles. The van der Waals surface area contributed by atoms with Crippen molar-refractivity contribution >= 4 is 16.9 Å². The van der Waals surface area contributed by atoms with Gasteiger partial charge in [-0.3, -0.25) is 0 Å². The van der Waals surface area contributed by atoms with Gasteiger partial charge in [0.2, 0.25) is 0 Å². The Hall–Kier alpha value is -0.670. The third kappa shape index (κ3) is 1.81. The Kier molecular flexibility index (Phi) is 2.47. The first-order valence-electron chi connectivity index (χ1n) is 4.41. The van der Waals surface area contributed by atoms with E-state index in [1.807, 2.05) is 0 Å². The standard InChI is InChI=1S/C10H12FNS/c1-7-2-3-12-5-9(7)10-4-8(11)6-13-10/h4,6,12H,2-3,5H2,1H3. The number of hydrogen-bond acceptors (Lipinski definition) is 2. The normalized spacial score (nSPS) is 18.0. The molecule has 0 radical (unpaired) electrons. The van der Waals surface area contributed by atoms with Crippen LogP contribution in [0.2, 0.25) is 0 Å². The van der Waals surface area contributed by atoms with Crippen LogP contribution in [-0.2, 0) is 0 Å². The lowest BCUT2D eigenvalue weighted by atomic mass is 10.0. The molecular weight excluding hydrogens is 185 g/mol. The summed E-state index contributed by atoms with van der Waals surface area (Å²) in [5, 5.41) is 4.86. The van der Waals surface area contributed by atoms with Gasteiger partial charge in [-0.1, -0.05) is 5.57 Å².